The summed E-state index contributed by atoms with van der Waals surface area (Å²) in [5.41, 5.74) is 0. The monoisotopic (exact) mass is 263 g/mol. The first-order chi connectivity index (χ1) is 7.52. The Kier molecular flexibility index (Phi) is 5.06. The summed E-state index contributed by atoms with van der Waals surface area (Å²) in [6, 6.07) is 4.78. The van der Waals surface area contributed by atoms with Crippen molar-refractivity contribution in [3.05, 3.63) is 40.3 Å². The van der Waals surface area contributed by atoms with Gasteiger partial charge in [0.2, 0.25) is 0 Å². The normalized spacial score (nSPS) is 12.0. The lowest BCUT2D eigenvalue weighted by Gasteiger charge is -2.14. The number of benzene rings is 1. The third-order valence-corrected chi connectivity index (χ3v) is 2.26. The molecule has 0 aliphatic rings. The predicted molar refractivity (Wildman–Crippen MR) is 64.8 cm³/mol. The van der Waals surface area contributed by atoms with Gasteiger partial charge in [-0.15, -0.1) is 0 Å². The van der Waals surface area contributed by atoms with Crippen LogP contribution in [0.5, 0.6) is 5.75 Å². The molecule has 88 valence electrons. The van der Waals surface area contributed by atoms with Crippen LogP contribution in [0.15, 0.2) is 30.3 Å². The number of rotatable bonds is 4. The first-order valence-electron chi connectivity index (χ1n) is 4.60. The highest BCUT2D eigenvalue weighted by molar-refractivity contribution is 6.35. The van der Waals surface area contributed by atoms with E-state index < -0.39 is 0 Å². The van der Waals surface area contributed by atoms with E-state index in [1.807, 2.05) is 14.1 Å². The third kappa shape index (κ3) is 4.00. The molecule has 0 fully saturated rings. The van der Waals surface area contributed by atoms with Crippen molar-refractivity contribution in [3.8, 4) is 5.75 Å². The van der Waals surface area contributed by atoms with Crippen molar-refractivity contribution >= 4 is 23.2 Å². The molecule has 0 aromatic heterocycles. The molecule has 0 heterocycles. The van der Waals surface area contributed by atoms with Crippen LogP contribution in [0.2, 0.25) is 10.0 Å². The first kappa shape index (κ1) is 13.3. The van der Waals surface area contributed by atoms with Crippen LogP contribution in [0, 0.1) is 0 Å². The van der Waals surface area contributed by atoms with E-state index in [-0.39, 0.29) is 5.76 Å². The van der Waals surface area contributed by atoms with Gasteiger partial charge in [-0.25, -0.2) is 4.39 Å². The van der Waals surface area contributed by atoms with Gasteiger partial charge < -0.3 is 9.64 Å². The van der Waals surface area contributed by atoms with Crippen molar-refractivity contribution in [2.75, 3.05) is 20.6 Å². The molecule has 0 aliphatic carbocycles. The Labute approximate surface area is 104 Å². The minimum absolute atomic E-state index is 0.189. The van der Waals surface area contributed by atoms with E-state index in [9.17, 15) is 4.39 Å². The number of hydrogen-bond donors (Lipinski definition) is 0. The molecule has 0 saturated carbocycles. The minimum atomic E-state index is 0.189. The molecule has 0 bridgehead atoms. The van der Waals surface area contributed by atoms with Crippen LogP contribution < -0.4 is 4.74 Å². The molecule has 1 aromatic rings. The van der Waals surface area contributed by atoms with Crippen LogP contribution in [0.4, 0.5) is 4.39 Å². The van der Waals surface area contributed by atoms with Gasteiger partial charge in [0.1, 0.15) is 17.8 Å². The highest BCUT2D eigenvalue weighted by Gasteiger charge is 2.07. The van der Waals surface area contributed by atoms with E-state index in [4.69, 9.17) is 27.9 Å². The number of nitrogens with zero attached hydrogens (tertiary/aromatic N) is 1. The highest BCUT2D eigenvalue weighted by atomic mass is 35.5. The second-order valence-electron chi connectivity index (χ2n) is 3.49. The standard InChI is InChI=1S/C11H12Cl2FNO/c1-15(2)7-9(6-14)16-11-4-3-8(12)5-10(11)13/h3-6H,7H2,1-2H3/b9-6-. The van der Waals surface area contributed by atoms with Crippen LogP contribution in [0.3, 0.4) is 0 Å². The molecule has 0 saturated heterocycles. The smallest absolute Gasteiger partial charge is 0.146 e. The maximum Gasteiger partial charge on any atom is 0.146 e. The lowest BCUT2D eigenvalue weighted by atomic mass is 10.3. The summed E-state index contributed by atoms with van der Waals surface area (Å²) < 4.78 is 17.8. The van der Waals surface area contributed by atoms with Crippen LogP contribution in [0.25, 0.3) is 0 Å². The molecule has 1 aromatic carbocycles. The second-order valence-corrected chi connectivity index (χ2v) is 4.33. The number of ether oxygens (including phenoxy) is 1. The average molecular weight is 264 g/mol. The summed E-state index contributed by atoms with van der Waals surface area (Å²) >= 11 is 11.6. The van der Waals surface area contributed by atoms with Crippen molar-refractivity contribution in [1.82, 2.24) is 4.90 Å². The van der Waals surface area contributed by atoms with E-state index in [1.165, 1.54) is 0 Å². The molecule has 0 spiro atoms. The number of hydrogen-bond acceptors (Lipinski definition) is 2. The van der Waals surface area contributed by atoms with Gasteiger partial charge in [-0.2, -0.15) is 0 Å². The predicted octanol–water partition coefficient (Wildman–Crippen LogP) is 3.74. The van der Waals surface area contributed by atoms with E-state index in [0.29, 0.717) is 28.7 Å². The zero-order chi connectivity index (χ0) is 12.1. The summed E-state index contributed by atoms with van der Waals surface area (Å²) in [4.78, 5) is 1.79. The van der Waals surface area contributed by atoms with Crippen molar-refractivity contribution in [2.24, 2.45) is 0 Å². The van der Waals surface area contributed by atoms with Crippen LogP contribution in [-0.4, -0.2) is 25.5 Å². The van der Waals surface area contributed by atoms with Crippen molar-refractivity contribution in [3.63, 3.8) is 0 Å². The van der Waals surface area contributed by atoms with E-state index >= 15 is 0 Å². The summed E-state index contributed by atoms with van der Waals surface area (Å²) in [6.45, 7) is 0.357. The van der Waals surface area contributed by atoms with Crippen molar-refractivity contribution in [2.45, 2.75) is 0 Å². The maximum absolute atomic E-state index is 12.5. The van der Waals surface area contributed by atoms with E-state index in [2.05, 4.69) is 0 Å². The third-order valence-electron chi connectivity index (χ3n) is 1.73. The molecular weight excluding hydrogens is 252 g/mol. The zero-order valence-corrected chi connectivity index (χ0v) is 10.5. The van der Waals surface area contributed by atoms with E-state index in [0.717, 1.165) is 0 Å². The van der Waals surface area contributed by atoms with Crippen LogP contribution in [-0.2, 0) is 0 Å². The Morgan fingerprint density at radius 1 is 1.44 bits per heavy atom. The van der Waals surface area contributed by atoms with Gasteiger partial charge in [0.05, 0.1) is 11.6 Å². The van der Waals surface area contributed by atoms with Gasteiger partial charge in [0.15, 0.2) is 0 Å². The van der Waals surface area contributed by atoms with Gasteiger partial charge in [0, 0.05) is 5.02 Å². The topological polar surface area (TPSA) is 12.5 Å². The van der Waals surface area contributed by atoms with Crippen molar-refractivity contribution in [1.29, 1.82) is 0 Å². The molecule has 0 amide bonds. The molecule has 0 radical (unpaired) electrons. The summed E-state index contributed by atoms with van der Waals surface area (Å²) in [6.07, 6.45) is 0.422. The van der Waals surface area contributed by atoms with Gasteiger partial charge >= 0.3 is 0 Å². The van der Waals surface area contributed by atoms with Gasteiger partial charge in [-0.05, 0) is 32.3 Å². The lowest BCUT2D eigenvalue weighted by Crippen LogP contribution is -2.17. The number of likely N-dealkylation sites (N-methyl/N-ethyl adjacent to an activating group) is 1. The Balaban J connectivity index is 2.79. The molecule has 0 N–H and O–H groups in total. The second kappa shape index (κ2) is 6.09. The quantitative estimate of drug-likeness (QED) is 0.768. The fourth-order valence-electron chi connectivity index (χ4n) is 1.10. The zero-order valence-electron chi connectivity index (χ0n) is 9.01. The summed E-state index contributed by atoms with van der Waals surface area (Å²) in [7, 11) is 3.63. The fourth-order valence-corrected chi connectivity index (χ4v) is 1.55. The average Bonchev–Trinajstić information content (AvgIpc) is 2.20. The molecule has 16 heavy (non-hydrogen) atoms. The molecule has 0 aliphatic heterocycles. The Hall–Kier alpha value is -0.770. The van der Waals surface area contributed by atoms with Crippen molar-refractivity contribution < 1.29 is 9.13 Å². The van der Waals surface area contributed by atoms with Gasteiger partial charge in [0.25, 0.3) is 0 Å². The Morgan fingerprint density at radius 3 is 2.62 bits per heavy atom. The molecular formula is C11H12Cl2FNO. The van der Waals surface area contributed by atoms with Crippen LogP contribution >= 0.6 is 23.2 Å². The van der Waals surface area contributed by atoms with Crippen LogP contribution in [0.1, 0.15) is 0 Å². The summed E-state index contributed by atoms with van der Waals surface area (Å²) in [5, 5.41) is 0.862. The first-order valence-corrected chi connectivity index (χ1v) is 5.35. The largest absolute Gasteiger partial charge is 0.456 e. The fraction of sp³-hybridized carbons (Fsp3) is 0.273. The molecule has 1 rings (SSSR count). The van der Waals surface area contributed by atoms with Gasteiger partial charge in [-0.1, -0.05) is 23.2 Å². The Bertz CT molecular complexity index is 394. The lowest BCUT2D eigenvalue weighted by molar-refractivity contribution is 0.327. The summed E-state index contributed by atoms with van der Waals surface area (Å²) in [5.74, 6) is 0.575. The van der Waals surface area contributed by atoms with Gasteiger partial charge in [-0.3, -0.25) is 0 Å². The molecule has 5 heteroatoms. The number of halogens is 3. The Morgan fingerprint density at radius 2 is 2.12 bits per heavy atom. The molecule has 0 atom stereocenters. The molecule has 0 unspecified atom stereocenters. The SMILES string of the molecule is CN(C)C/C(=C/F)Oc1ccc(Cl)cc1Cl. The highest BCUT2D eigenvalue weighted by Crippen LogP contribution is 2.28. The minimum Gasteiger partial charge on any atom is -0.456 e. The van der Waals surface area contributed by atoms with E-state index in [1.54, 1.807) is 23.1 Å². The maximum atomic E-state index is 12.5. The molecule has 2 nitrogen and oxygen atoms in total.